The molecule has 0 radical (unpaired) electrons. The first-order valence-corrected chi connectivity index (χ1v) is 14.7. The van der Waals surface area contributed by atoms with E-state index in [0.717, 1.165) is 35.6 Å². The Hall–Kier alpha value is -2.60. The number of ketones is 1. The van der Waals surface area contributed by atoms with Crippen LogP contribution in [0.1, 0.15) is 118 Å². The number of aryl methyl sites for hydroxylation is 1. The summed E-state index contributed by atoms with van der Waals surface area (Å²) in [5.41, 5.74) is 4.75. The standard InChI is InChI=1S/C19H30N2.C12H16O.2C2H6/c1-14(2)11-12-19(15(3)13-20)21-17(5)16(4)18-9-7-6-8-10-18;1-9-5-7-11(8-6-9)12(3,4)10(2)13;2*1-2/h16,18-19,21H,1,3,5-12H2,2,4H3;5-8H,1-4H3;2*1-2H3/t16?,19-;;;/m1.../s1. The number of nitrogens with zero attached hydrogens (tertiary/aromatic N) is 1. The number of carbonyl (C=O) groups excluding carboxylic acids is 1. The molecule has 3 heteroatoms. The zero-order valence-corrected chi connectivity index (χ0v) is 26.5. The van der Waals surface area contributed by atoms with Gasteiger partial charge in [-0.2, -0.15) is 5.26 Å². The molecule has 0 bridgehead atoms. The van der Waals surface area contributed by atoms with Crippen LogP contribution < -0.4 is 5.32 Å². The molecule has 0 spiro atoms. The Morgan fingerprint density at radius 3 is 1.95 bits per heavy atom. The predicted molar refractivity (Wildman–Crippen MR) is 168 cm³/mol. The van der Waals surface area contributed by atoms with E-state index in [9.17, 15) is 4.79 Å². The predicted octanol–water partition coefficient (Wildman–Crippen LogP) is 10.0. The van der Waals surface area contributed by atoms with Gasteiger partial charge in [0.1, 0.15) is 5.78 Å². The third kappa shape index (κ3) is 13.8. The maximum absolute atomic E-state index is 11.4. The van der Waals surface area contributed by atoms with E-state index in [1.165, 1.54) is 37.7 Å². The van der Waals surface area contributed by atoms with Crippen molar-refractivity contribution in [1.82, 2.24) is 5.32 Å². The van der Waals surface area contributed by atoms with Crippen LogP contribution in [0.5, 0.6) is 0 Å². The van der Waals surface area contributed by atoms with Crippen LogP contribution in [0.25, 0.3) is 0 Å². The highest BCUT2D eigenvalue weighted by molar-refractivity contribution is 5.87. The highest BCUT2D eigenvalue weighted by atomic mass is 16.1. The first-order chi connectivity index (χ1) is 17.9. The number of nitrogens with one attached hydrogen (secondary N) is 1. The Kier molecular flexibility index (Phi) is 20.1. The van der Waals surface area contributed by atoms with Crippen molar-refractivity contribution < 1.29 is 4.79 Å². The first kappa shape index (κ1) is 37.6. The van der Waals surface area contributed by atoms with Crippen LogP contribution in [0.15, 0.2) is 60.8 Å². The number of hydrogen-bond acceptors (Lipinski definition) is 3. The minimum Gasteiger partial charge on any atom is -0.381 e. The van der Waals surface area contributed by atoms with E-state index in [2.05, 4.69) is 38.0 Å². The van der Waals surface area contributed by atoms with Gasteiger partial charge in [0.2, 0.25) is 0 Å². The Morgan fingerprint density at radius 2 is 1.53 bits per heavy atom. The number of allylic oxidation sites excluding steroid dienone is 2. The van der Waals surface area contributed by atoms with E-state index in [1.807, 2.05) is 79.7 Å². The number of carbonyl (C=O) groups is 1. The smallest absolute Gasteiger partial charge is 0.139 e. The Labute approximate surface area is 236 Å². The molecule has 2 atom stereocenters. The lowest BCUT2D eigenvalue weighted by Crippen LogP contribution is -2.34. The Bertz CT molecular complexity index is 880. The summed E-state index contributed by atoms with van der Waals surface area (Å²) in [6.07, 6.45) is 8.42. The molecule has 1 fully saturated rings. The molecule has 2 rings (SSSR count). The Morgan fingerprint density at radius 1 is 1.03 bits per heavy atom. The van der Waals surface area contributed by atoms with Crippen molar-refractivity contribution >= 4 is 5.78 Å². The SMILES string of the molecule is C=C(C)CC[C@@H](NC(=C)C(C)C1CCCCC1)C(=C)C#N.CC.CC.CC(=O)C(C)(C)c1ccc(C)cc1. The minimum absolute atomic E-state index is 0.00904. The summed E-state index contributed by atoms with van der Waals surface area (Å²) in [6, 6.07) is 10.3. The lowest BCUT2D eigenvalue weighted by Gasteiger charge is -2.31. The van der Waals surface area contributed by atoms with Gasteiger partial charge in [-0.25, -0.2) is 0 Å². The van der Waals surface area contributed by atoms with Gasteiger partial charge in [-0.1, -0.05) is 102 Å². The Balaban J connectivity index is 0. The van der Waals surface area contributed by atoms with E-state index in [1.54, 1.807) is 6.92 Å². The highest BCUT2D eigenvalue weighted by Crippen LogP contribution is 2.32. The molecular formula is C35H58N2O. The van der Waals surface area contributed by atoms with E-state index >= 15 is 0 Å². The van der Waals surface area contributed by atoms with Crippen molar-refractivity contribution in [3.8, 4) is 6.07 Å². The van der Waals surface area contributed by atoms with Crippen molar-refractivity contribution in [1.29, 1.82) is 5.26 Å². The second kappa shape index (κ2) is 20.4. The van der Waals surface area contributed by atoms with Crippen molar-refractivity contribution in [2.24, 2.45) is 11.8 Å². The molecule has 1 aliphatic rings. The van der Waals surface area contributed by atoms with Crippen LogP contribution in [0.2, 0.25) is 0 Å². The molecule has 1 saturated carbocycles. The lowest BCUT2D eigenvalue weighted by atomic mass is 9.79. The average molecular weight is 523 g/mol. The molecule has 0 heterocycles. The molecule has 38 heavy (non-hydrogen) atoms. The van der Waals surface area contributed by atoms with Gasteiger partial charge in [-0.15, -0.1) is 6.58 Å². The fourth-order valence-electron chi connectivity index (χ4n) is 4.25. The third-order valence-electron chi connectivity index (χ3n) is 7.34. The topological polar surface area (TPSA) is 52.9 Å². The van der Waals surface area contributed by atoms with Crippen molar-refractivity contribution in [2.45, 2.75) is 126 Å². The molecule has 1 N–H and O–H groups in total. The summed E-state index contributed by atoms with van der Waals surface area (Å²) in [5, 5.41) is 12.6. The summed E-state index contributed by atoms with van der Waals surface area (Å²) < 4.78 is 0. The van der Waals surface area contributed by atoms with Crippen LogP contribution in [0, 0.1) is 30.1 Å². The molecule has 0 aromatic heterocycles. The molecule has 1 aromatic rings. The molecule has 0 amide bonds. The van der Waals surface area contributed by atoms with Gasteiger partial charge in [0.15, 0.2) is 0 Å². The van der Waals surface area contributed by atoms with Crippen LogP contribution in [0.4, 0.5) is 0 Å². The van der Waals surface area contributed by atoms with Gasteiger partial charge in [0.05, 0.1) is 12.1 Å². The zero-order valence-electron chi connectivity index (χ0n) is 26.5. The van der Waals surface area contributed by atoms with Crippen LogP contribution in [-0.2, 0) is 10.2 Å². The van der Waals surface area contributed by atoms with Crippen LogP contribution in [-0.4, -0.2) is 11.8 Å². The summed E-state index contributed by atoms with van der Waals surface area (Å²) in [7, 11) is 0. The number of nitriles is 1. The molecule has 3 nitrogen and oxygen atoms in total. The second-order valence-electron chi connectivity index (χ2n) is 10.6. The van der Waals surface area contributed by atoms with Gasteiger partial charge in [-0.3, -0.25) is 4.79 Å². The van der Waals surface area contributed by atoms with Crippen molar-refractivity contribution in [3.05, 3.63) is 72.0 Å². The molecular weight excluding hydrogens is 464 g/mol. The second-order valence-corrected chi connectivity index (χ2v) is 10.6. The number of hydrogen-bond donors (Lipinski definition) is 1. The molecule has 1 aliphatic carbocycles. The van der Waals surface area contributed by atoms with Crippen LogP contribution in [0.3, 0.4) is 0 Å². The van der Waals surface area contributed by atoms with Gasteiger partial charge in [-0.05, 0) is 77.7 Å². The zero-order chi connectivity index (χ0) is 29.9. The summed E-state index contributed by atoms with van der Waals surface area (Å²) in [6.45, 7) is 31.9. The largest absolute Gasteiger partial charge is 0.381 e. The highest BCUT2D eigenvalue weighted by Gasteiger charge is 2.25. The summed E-state index contributed by atoms with van der Waals surface area (Å²) in [5.74, 6) is 1.40. The average Bonchev–Trinajstić information content (AvgIpc) is 2.93. The maximum atomic E-state index is 11.4. The molecule has 0 saturated heterocycles. The molecule has 1 aromatic carbocycles. The van der Waals surface area contributed by atoms with Crippen LogP contribution >= 0.6 is 0 Å². The first-order valence-electron chi connectivity index (χ1n) is 14.7. The fraction of sp³-hybridized carbons (Fsp3) is 0.600. The molecule has 1 unspecified atom stereocenters. The molecule has 0 aliphatic heterocycles. The quantitative estimate of drug-likeness (QED) is 0.246. The third-order valence-corrected chi connectivity index (χ3v) is 7.34. The van der Waals surface area contributed by atoms with E-state index in [0.29, 0.717) is 11.5 Å². The van der Waals surface area contributed by atoms with Crippen molar-refractivity contribution in [3.63, 3.8) is 0 Å². The van der Waals surface area contributed by atoms with Crippen molar-refractivity contribution in [2.75, 3.05) is 0 Å². The maximum Gasteiger partial charge on any atom is 0.139 e. The number of Topliss-reactive ketones (excluding diaryl/α,β-unsaturated/α-hetero) is 1. The summed E-state index contributed by atoms with van der Waals surface area (Å²) in [4.78, 5) is 11.4. The van der Waals surface area contributed by atoms with E-state index in [-0.39, 0.29) is 17.2 Å². The van der Waals surface area contributed by atoms with E-state index in [4.69, 9.17) is 5.26 Å². The minimum atomic E-state index is -0.353. The van der Waals surface area contributed by atoms with Gasteiger partial charge >= 0.3 is 0 Å². The lowest BCUT2D eigenvalue weighted by molar-refractivity contribution is -0.121. The number of benzene rings is 1. The normalized spacial score (nSPS) is 14.3. The van der Waals surface area contributed by atoms with E-state index < -0.39 is 0 Å². The number of rotatable bonds is 10. The monoisotopic (exact) mass is 522 g/mol. The van der Waals surface area contributed by atoms with Gasteiger partial charge in [0.25, 0.3) is 0 Å². The summed E-state index contributed by atoms with van der Waals surface area (Å²) >= 11 is 0. The van der Waals surface area contributed by atoms with Gasteiger partial charge in [0, 0.05) is 16.7 Å². The fourth-order valence-corrected chi connectivity index (χ4v) is 4.25. The molecule has 214 valence electrons. The van der Waals surface area contributed by atoms with Gasteiger partial charge < -0.3 is 5.32 Å².